The summed E-state index contributed by atoms with van der Waals surface area (Å²) in [6.07, 6.45) is 10.4. The summed E-state index contributed by atoms with van der Waals surface area (Å²) in [7, 11) is 0. The zero-order chi connectivity index (χ0) is 10.4. The summed E-state index contributed by atoms with van der Waals surface area (Å²) in [5.74, 6) is 0. The van der Waals surface area contributed by atoms with Crippen LogP contribution in [-0.4, -0.2) is 18.1 Å². The molecule has 3 N–H and O–H groups in total. The van der Waals surface area contributed by atoms with E-state index in [9.17, 15) is 0 Å². The van der Waals surface area contributed by atoms with E-state index in [2.05, 4.69) is 31.3 Å². The van der Waals surface area contributed by atoms with E-state index in [4.69, 9.17) is 5.73 Å². The molecule has 0 heterocycles. The highest BCUT2D eigenvalue weighted by atomic mass is 15.0. The van der Waals surface area contributed by atoms with E-state index in [1.807, 2.05) is 0 Å². The fraction of sp³-hybridized carbons (Fsp3) is 0.833. The van der Waals surface area contributed by atoms with Crippen molar-refractivity contribution in [3.05, 3.63) is 12.2 Å². The van der Waals surface area contributed by atoms with Crippen molar-refractivity contribution in [3.63, 3.8) is 0 Å². The molecule has 1 atom stereocenters. The predicted octanol–water partition coefficient (Wildman–Crippen LogP) is 2.20. The molecular formula is C12H24N2. The molecular weight excluding hydrogens is 172 g/mol. The molecule has 2 heteroatoms. The molecule has 0 radical (unpaired) electrons. The second-order valence-electron chi connectivity index (χ2n) is 4.37. The van der Waals surface area contributed by atoms with Crippen LogP contribution in [0.2, 0.25) is 0 Å². The zero-order valence-electron chi connectivity index (χ0n) is 9.55. The van der Waals surface area contributed by atoms with Crippen molar-refractivity contribution < 1.29 is 0 Å². The van der Waals surface area contributed by atoms with Crippen molar-refractivity contribution in [2.24, 2.45) is 5.73 Å². The third kappa shape index (κ3) is 2.82. The standard InChI is InChI=1S/C12H24N2/c1-3-9-12(4-2,10-13)14-11-7-5-6-8-11/h5-6,11,14H,3-4,7-10,13H2,1-2H3. The molecule has 1 rings (SSSR count). The van der Waals surface area contributed by atoms with Crippen molar-refractivity contribution in [2.75, 3.05) is 6.54 Å². The maximum Gasteiger partial charge on any atom is 0.0303 e. The van der Waals surface area contributed by atoms with Crippen LogP contribution in [0.25, 0.3) is 0 Å². The van der Waals surface area contributed by atoms with Crippen LogP contribution in [0.1, 0.15) is 46.0 Å². The Balaban J connectivity index is 2.48. The van der Waals surface area contributed by atoms with Crippen molar-refractivity contribution in [3.8, 4) is 0 Å². The first-order valence-electron chi connectivity index (χ1n) is 5.89. The summed E-state index contributed by atoms with van der Waals surface area (Å²) in [4.78, 5) is 0. The van der Waals surface area contributed by atoms with Gasteiger partial charge in [0.25, 0.3) is 0 Å². The van der Waals surface area contributed by atoms with Gasteiger partial charge in [-0.25, -0.2) is 0 Å². The Morgan fingerprint density at radius 1 is 1.36 bits per heavy atom. The van der Waals surface area contributed by atoms with Gasteiger partial charge in [0.1, 0.15) is 0 Å². The van der Waals surface area contributed by atoms with Gasteiger partial charge >= 0.3 is 0 Å². The topological polar surface area (TPSA) is 38.0 Å². The van der Waals surface area contributed by atoms with E-state index >= 15 is 0 Å². The van der Waals surface area contributed by atoms with Crippen LogP contribution in [-0.2, 0) is 0 Å². The van der Waals surface area contributed by atoms with E-state index in [1.54, 1.807) is 0 Å². The van der Waals surface area contributed by atoms with Crippen LogP contribution in [0.5, 0.6) is 0 Å². The Morgan fingerprint density at radius 3 is 2.43 bits per heavy atom. The molecule has 2 nitrogen and oxygen atoms in total. The normalized spacial score (nSPS) is 21.4. The van der Waals surface area contributed by atoms with Crippen molar-refractivity contribution in [1.82, 2.24) is 5.32 Å². The average Bonchev–Trinajstić information content (AvgIpc) is 2.69. The van der Waals surface area contributed by atoms with Crippen molar-refractivity contribution >= 4 is 0 Å². The molecule has 1 aliphatic rings. The van der Waals surface area contributed by atoms with Gasteiger partial charge in [0.2, 0.25) is 0 Å². The minimum atomic E-state index is 0.186. The molecule has 14 heavy (non-hydrogen) atoms. The van der Waals surface area contributed by atoms with E-state index in [0.717, 1.165) is 13.0 Å². The van der Waals surface area contributed by atoms with Gasteiger partial charge in [0.05, 0.1) is 0 Å². The molecule has 0 aromatic carbocycles. The van der Waals surface area contributed by atoms with Crippen LogP contribution < -0.4 is 11.1 Å². The van der Waals surface area contributed by atoms with E-state index in [0.29, 0.717) is 6.04 Å². The molecule has 0 saturated heterocycles. The first-order valence-corrected chi connectivity index (χ1v) is 5.89. The summed E-state index contributed by atoms with van der Waals surface area (Å²) in [6, 6.07) is 0.630. The lowest BCUT2D eigenvalue weighted by Gasteiger charge is -2.35. The van der Waals surface area contributed by atoms with Gasteiger partial charge < -0.3 is 11.1 Å². The van der Waals surface area contributed by atoms with E-state index in [1.165, 1.54) is 25.7 Å². The minimum absolute atomic E-state index is 0.186. The predicted molar refractivity (Wildman–Crippen MR) is 62.3 cm³/mol. The Bertz CT molecular complexity index is 175. The zero-order valence-corrected chi connectivity index (χ0v) is 9.55. The Kier molecular flexibility index (Phi) is 4.63. The summed E-state index contributed by atoms with van der Waals surface area (Å²) in [5, 5.41) is 3.74. The third-order valence-electron chi connectivity index (χ3n) is 3.31. The van der Waals surface area contributed by atoms with Crippen LogP contribution in [0.15, 0.2) is 12.2 Å². The molecule has 0 aromatic heterocycles. The van der Waals surface area contributed by atoms with Gasteiger partial charge in [-0.15, -0.1) is 0 Å². The fourth-order valence-corrected chi connectivity index (χ4v) is 2.30. The third-order valence-corrected chi connectivity index (χ3v) is 3.31. The van der Waals surface area contributed by atoms with Crippen LogP contribution in [0, 0.1) is 0 Å². The van der Waals surface area contributed by atoms with Crippen molar-refractivity contribution in [2.45, 2.75) is 57.5 Å². The summed E-state index contributed by atoms with van der Waals surface area (Å²) >= 11 is 0. The van der Waals surface area contributed by atoms with E-state index in [-0.39, 0.29) is 5.54 Å². The first kappa shape index (κ1) is 11.7. The van der Waals surface area contributed by atoms with Gasteiger partial charge in [0.15, 0.2) is 0 Å². The quantitative estimate of drug-likeness (QED) is 0.639. The molecule has 82 valence electrons. The lowest BCUT2D eigenvalue weighted by atomic mass is 9.89. The molecule has 0 amide bonds. The monoisotopic (exact) mass is 196 g/mol. The second-order valence-corrected chi connectivity index (χ2v) is 4.37. The number of hydrogen-bond donors (Lipinski definition) is 2. The van der Waals surface area contributed by atoms with Gasteiger partial charge in [0, 0.05) is 18.1 Å². The van der Waals surface area contributed by atoms with Crippen LogP contribution in [0.3, 0.4) is 0 Å². The highest BCUT2D eigenvalue weighted by Crippen LogP contribution is 2.20. The lowest BCUT2D eigenvalue weighted by molar-refractivity contribution is 0.264. The fourth-order valence-electron chi connectivity index (χ4n) is 2.30. The second kappa shape index (κ2) is 5.52. The summed E-state index contributed by atoms with van der Waals surface area (Å²) in [6.45, 7) is 5.22. The maximum atomic E-state index is 5.90. The average molecular weight is 196 g/mol. The molecule has 1 aliphatic carbocycles. The Labute approximate surface area is 87.9 Å². The van der Waals surface area contributed by atoms with Gasteiger partial charge in [-0.1, -0.05) is 32.4 Å². The molecule has 1 unspecified atom stereocenters. The summed E-state index contributed by atoms with van der Waals surface area (Å²) in [5.41, 5.74) is 6.09. The first-order chi connectivity index (χ1) is 6.76. The number of nitrogens with two attached hydrogens (primary N) is 1. The Hall–Kier alpha value is -0.340. The SMILES string of the molecule is CCCC(CC)(CN)NC1CC=CC1. The number of nitrogens with one attached hydrogen (secondary N) is 1. The number of rotatable bonds is 6. The molecule has 0 aromatic rings. The smallest absolute Gasteiger partial charge is 0.0303 e. The van der Waals surface area contributed by atoms with Gasteiger partial charge in [-0.2, -0.15) is 0 Å². The van der Waals surface area contributed by atoms with E-state index < -0.39 is 0 Å². The highest BCUT2D eigenvalue weighted by molar-refractivity contribution is 5.01. The largest absolute Gasteiger partial charge is 0.329 e. The summed E-state index contributed by atoms with van der Waals surface area (Å²) < 4.78 is 0. The highest BCUT2D eigenvalue weighted by Gasteiger charge is 2.28. The van der Waals surface area contributed by atoms with Crippen LogP contribution in [0.4, 0.5) is 0 Å². The molecule has 0 fully saturated rings. The lowest BCUT2D eigenvalue weighted by Crippen LogP contribution is -2.54. The van der Waals surface area contributed by atoms with Gasteiger partial charge in [-0.05, 0) is 25.7 Å². The van der Waals surface area contributed by atoms with Gasteiger partial charge in [-0.3, -0.25) is 0 Å². The Morgan fingerprint density at radius 2 is 2.00 bits per heavy atom. The van der Waals surface area contributed by atoms with Crippen molar-refractivity contribution in [1.29, 1.82) is 0 Å². The molecule has 0 saturated carbocycles. The molecule has 0 spiro atoms. The maximum absolute atomic E-state index is 5.90. The number of hydrogen-bond acceptors (Lipinski definition) is 2. The van der Waals surface area contributed by atoms with Crippen LogP contribution >= 0.6 is 0 Å². The minimum Gasteiger partial charge on any atom is -0.329 e. The molecule has 0 bridgehead atoms. The molecule has 0 aliphatic heterocycles.